The van der Waals surface area contributed by atoms with Crippen molar-refractivity contribution in [1.29, 1.82) is 5.26 Å². The van der Waals surface area contributed by atoms with Gasteiger partial charge in [0.15, 0.2) is 0 Å². The summed E-state index contributed by atoms with van der Waals surface area (Å²) >= 11 is 0. The molecule has 1 aliphatic carbocycles. The van der Waals surface area contributed by atoms with Crippen LogP contribution in [0.4, 0.5) is 0 Å². The minimum atomic E-state index is -1.18. The number of hydrogen-bond donors (Lipinski definition) is 3. The molecule has 14 nitrogen and oxygen atoms in total. The number of esters is 1. The smallest absolute Gasteiger partial charge is 0.324 e. The number of nitrogens with zero attached hydrogens (tertiary/aromatic N) is 5. The number of aromatic hydroxyl groups is 1. The van der Waals surface area contributed by atoms with Crippen molar-refractivity contribution >= 4 is 40.7 Å². The number of aromatic nitrogens is 1. The van der Waals surface area contributed by atoms with Crippen LogP contribution in [0.25, 0.3) is 22.3 Å². The average Bonchev–Trinajstić information content (AvgIpc) is 3.79. The van der Waals surface area contributed by atoms with Crippen molar-refractivity contribution < 1.29 is 33.8 Å². The molecule has 2 aromatic carbocycles. The zero-order valence-electron chi connectivity index (χ0n) is 39.2. The summed E-state index contributed by atoms with van der Waals surface area (Å²) in [5.41, 5.74) is 8.65. The Balaban J connectivity index is 1.29. The Hall–Kier alpha value is -6.33. The summed E-state index contributed by atoms with van der Waals surface area (Å²) in [5, 5.41) is 26.3. The Morgan fingerprint density at radius 2 is 1.85 bits per heavy atom. The topological polar surface area (TPSA) is 185 Å². The number of fused-ring (bicyclic) bond motifs is 7. The Morgan fingerprint density at radius 3 is 2.55 bits per heavy atom. The van der Waals surface area contributed by atoms with Gasteiger partial charge in [-0.25, -0.2) is 5.43 Å². The van der Waals surface area contributed by atoms with E-state index < -0.39 is 52.7 Å². The summed E-state index contributed by atoms with van der Waals surface area (Å²) in [5.74, 6) is -3.03. The molecule has 7 bridgehead atoms. The Bertz CT molecular complexity index is 2470. The summed E-state index contributed by atoms with van der Waals surface area (Å²) in [6.07, 6.45) is 7.39. The maximum Gasteiger partial charge on any atom is 0.324 e. The number of hydrazine groups is 1. The lowest BCUT2D eigenvalue weighted by Gasteiger charge is -2.39. The molecule has 2 fully saturated rings. The quantitative estimate of drug-likeness (QED) is 0.176. The average molecular weight is 898 g/mol. The van der Waals surface area contributed by atoms with E-state index in [0.29, 0.717) is 49.8 Å². The first kappa shape index (κ1) is 47.6. The number of hydrogen-bond acceptors (Lipinski definition) is 10. The van der Waals surface area contributed by atoms with E-state index in [9.17, 15) is 34.3 Å². The van der Waals surface area contributed by atoms with Gasteiger partial charge in [-0.3, -0.25) is 34.0 Å². The normalized spacial score (nSPS) is 22.7. The summed E-state index contributed by atoms with van der Waals surface area (Å²) in [6, 6.07) is 14.8. The number of nitriles is 1. The third kappa shape index (κ3) is 10.1. The van der Waals surface area contributed by atoms with Crippen LogP contribution in [0.15, 0.2) is 73.6 Å². The summed E-state index contributed by atoms with van der Waals surface area (Å²) < 4.78 is 6.08. The van der Waals surface area contributed by atoms with Crippen LogP contribution < -0.4 is 10.7 Å². The molecule has 0 saturated carbocycles. The maximum absolute atomic E-state index is 14.7. The van der Waals surface area contributed by atoms with E-state index in [2.05, 4.69) is 48.3 Å². The van der Waals surface area contributed by atoms with Gasteiger partial charge in [-0.05, 0) is 132 Å². The molecule has 0 radical (unpaired) electrons. The predicted octanol–water partition coefficient (Wildman–Crippen LogP) is 6.10. The molecular formula is C52H63N7O7. The van der Waals surface area contributed by atoms with Gasteiger partial charge in [0.2, 0.25) is 17.7 Å². The number of cyclic esters (lactones) is 1. The van der Waals surface area contributed by atoms with Gasteiger partial charge in [0.05, 0.1) is 24.0 Å². The molecule has 1 unspecified atom stereocenters. The third-order valence-electron chi connectivity index (χ3n) is 13.6. The van der Waals surface area contributed by atoms with Gasteiger partial charge in [0, 0.05) is 45.5 Å². The molecule has 4 aliphatic rings. The standard InChI is InChI=1S/C52H63N7O7/c1-9-43(61)58-19-16-35(28-58)48(63)57(8)46(31(2)3)47(62)55-42-22-32-20-36(25-39(60)21-32)33-14-15-40-37(23-33)24-38(44(34-12-10-17-54-27-34)45(40)52(6,7)29-53)26-51(4,5)30-66-50(65)41-13-11-18-59(56-41)49(42)64/h9-10,12,14-15,17,20-21,23,25,27,31,35,38,41-42,46,56,60H,1,11,13,16,18-19,22,24,26,28,30H2,2-8H3,(H,55,62)/t35-,38?,41-,42-,46-/m0/s1. The molecule has 2 saturated heterocycles. The Morgan fingerprint density at radius 1 is 1.08 bits per heavy atom. The van der Waals surface area contributed by atoms with E-state index in [1.807, 2.05) is 64.2 Å². The number of amides is 4. The SMILES string of the molecule is C=CC(=O)N1CC[C@H](C(=O)N(C)[C@H](C(=O)N[C@H]2Cc3cc(O)cc(c3)-c3ccc4c(c3)CC(CC(C)(C)COC(=O)[C@@H]3CCCN(N3)C2=O)C(c2cccnc2)=C4C(C)(C)C#N)C(C)C)C1. The molecule has 3 aromatic rings. The lowest BCUT2D eigenvalue weighted by molar-refractivity contribution is -0.155. The Kier molecular flexibility index (Phi) is 13.9. The van der Waals surface area contributed by atoms with Crippen molar-refractivity contribution in [2.75, 3.05) is 33.3 Å². The van der Waals surface area contributed by atoms with E-state index in [0.717, 1.165) is 33.4 Å². The number of likely N-dealkylation sites (tertiary alicyclic amines) is 1. The van der Waals surface area contributed by atoms with Crippen molar-refractivity contribution in [2.45, 2.75) is 98.2 Å². The fourth-order valence-corrected chi connectivity index (χ4v) is 10.4. The zero-order chi connectivity index (χ0) is 47.7. The fraction of sp³-hybridized carbons (Fsp3) is 0.481. The number of phenolic OH excluding ortho intramolecular Hbond substituents is 1. The first-order chi connectivity index (χ1) is 31.3. The molecule has 14 heteroatoms. The van der Waals surface area contributed by atoms with E-state index in [1.165, 1.54) is 16.0 Å². The van der Waals surface area contributed by atoms with Gasteiger partial charge >= 0.3 is 5.97 Å². The van der Waals surface area contributed by atoms with Crippen LogP contribution >= 0.6 is 0 Å². The summed E-state index contributed by atoms with van der Waals surface area (Å²) in [4.78, 5) is 76.8. The highest BCUT2D eigenvalue weighted by molar-refractivity contribution is 5.98. The minimum Gasteiger partial charge on any atom is -0.508 e. The molecule has 0 spiro atoms. The second-order valence-corrected chi connectivity index (χ2v) is 20.1. The molecule has 4 amide bonds. The monoisotopic (exact) mass is 897 g/mol. The van der Waals surface area contributed by atoms with Crippen LogP contribution in [-0.2, 0) is 41.6 Å². The lowest BCUT2D eigenvalue weighted by Crippen LogP contribution is -2.62. The van der Waals surface area contributed by atoms with Gasteiger partial charge in [0.1, 0.15) is 23.9 Å². The predicted molar refractivity (Wildman–Crippen MR) is 250 cm³/mol. The first-order valence-corrected chi connectivity index (χ1v) is 23.1. The molecule has 4 heterocycles. The molecule has 7 rings (SSSR count). The molecule has 3 N–H and O–H groups in total. The van der Waals surface area contributed by atoms with Gasteiger partial charge in [0.25, 0.3) is 5.91 Å². The van der Waals surface area contributed by atoms with Crippen LogP contribution in [0.5, 0.6) is 5.75 Å². The van der Waals surface area contributed by atoms with Crippen molar-refractivity contribution in [3.63, 3.8) is 0 Å². The first-order valence-electron chi connectivity index (χ1n) is 23.1. The molecule has 66 heavy (non-hydrogen) atoms. The number of pyridine rings is 1. The van der Waals surface area contributed by atoms with Crippen molar-refractivity contribution in [3.05, 3.63) is 95.8 Å². The van der Waals surface area contributed by atoms with Gasteiger partial charge < -0.3 is 25.0 Å². The van der Waals surface area contributed by atoms with E-state index >= 15 is 0 Å². The lowest BCUT2D eigenvalue weighted by atomic mass is 9.65. The van der Waals surface area contributed by atoms with E-state index in [4.69, 9.17) is 4.74 Å². The zero-order valence-corrected chi connectivity index (χ0v) is 39.2. The van der Waals surface area contributed by atoms with Crippen molar-refractivity contribution in [3.8, 4) is 22.9 Å². The second kappa shape index (κ2) is 19.3. The van der Waals surface area contributed by atoms with Gasteiger partial charge in [-0.2, -0.15) is 5.26 Å². The van der Waals surface area contributed by atoms with E-state index in [1.54, 1.807) is 30.3 Å². The summed E-state index contributed by atoms with van der Waals surface area (Å²) in [6.45, 7) is 16.2. The fourth-order valence-electron chi connectivity index (χ4n) is 10.4. The molecule has 1 aromatic heterocycles. The van der Waals surface area contributed by atoms with Crippen LogP contribution in [0, 0.1) is 39.9 Å². The van der Waals surface area contributed by atoms with E-state index in [-0.39, 0.29) is 55.5 Å². The van der Waals surface area contributed by atoms with Crippen LogP contribution in [0.3, 0.4) is 0 Å². The third-order valence-corrected chi connectivity index (χ3v) is 13.6. The second-order valence-electron chi connectivity index (χ2n) is 20.1. The highest BCUT2D eigenvalue weighted by atomic mass is 16.5. The minimum absolute atomic E-state index is 0.0259. The number of ether oxygens (including phenoxy) is 1. The molecule has 5 atom stereocenters. The molecule has 3 aliphatic heterocycles. The highest BCUT2D eigenvalue weighted by Gasteiger charge is 2.42. The van der Waals surface area contributed by atoms with Gasteiger partial charge in [-0.15, -0.1) is 0 Å². The number of carbonyl (C=O) groups is 5. The number of likely N-dealkylation sites (N-methyl/N-ethyl adjacent to an activating group) is 1. The van der Waals surface area contributed by atoms with Crippen LogP contribution in [-0.4, -0.2) is 106 Å². The Labute approximate surface area is 388 Å². The number of benzene rings is 2. The molecule has 348 valence electrons. The molecular weight excluding hydrogens is 835 g/mol. The number of nitrogens with one attached hydrogen (secondary N) is 2. The number of rotatable bonds is 8. The van der Waals surface area contributed by atoms with Crippen LogP contribution in [0.1, 0.15) is 89.5 Å². The number of phenols is 1. The largest absolute Gasteiger partial charge is 0.508 e. The van der Waals surface area contributed by atoms with Gasteiger partial charge in [-0.1, -0.05) is 64.6 Å². The maximum atomic E-state index is 14.7. The number of carbonyl (C=O) groups excluding carboxylic acids is 5. The van der Waals surface area contributed by atoms with Crippen LogP contribution in [0.2, 0.25) is 0 Å². The van der Waals surface area contributed by atoms with Crippen molar-refractivity contribution in [1.82, 2.24) is 30.5 Å². The summed E-state index contributed by atoms with van der Waals surface area (Å²) in [7, 11) is 1.57. The number of allylic oxidation sites excluding steroid dienone is 2. The van der Waals surface area contributed by atoms with Crippen molar-refractivity contribution in [2.24, 2.45) is 28.6 Å². The highest BCUT2D eigenvalue weighted by Crippen LogP contribution is 2.51.